The summed E-state index contributed by atoms with van der Waals surface area (Å²) < 4.78 is 0. The Balaban J connectivity index is 2.98. The van der Waals surface area contributed by atoms with E-state index < -0.39 is 4.92 Å². The van der Waals surface area contributed by atoms with Gasteiger partial charge in [0.25, 0.3) is 0 Å². The van der Waals surface area contributed by atoms with Crippen molar-refractivity contribution in [2.75, 3.05) is 0 Å². The van der Waals surface area contributed by atoms with Gasteiger partial charge in [-0.3, -0.25) is 10.1 Å². The average molecular weight is 158 g/mol. The van der Waals surface area contributed by atoms with Crippen LogP contribution in [-0.2, 0) is 0 Å². The fourth-order valence-corrected chi connectivity index (χ4v) is 0.911. The van der Waals surface area contributed by atoms with Crippen LogP contribution in [0.15, 0.2) is 11.3 Å². The van der Waals surface area contributed by atoms with Crippen molar-refractivity contribution in [1.29, 1.82) is 5.53 Å². The monoisotopic (exact) mass is 158 g/mol. The predicted octanol–water partition coefficient (Wildman–Crippen LogP) is 1.71. The smallest absolute Gasteiger partial charge is 0.257 e. The zero-order valence-electron chi connectivity index (χ0n) is 4.64. The Morgan fingerprint density at radius 3 is 2.90 bits per heavy atom. The van der Waals surface area contributed by atoms with E-state index in [-0.39, 0.29) is 10.1 Å². The predicted molar refractivity (Wildman–Crippen MR) is 33.6 cm³/mol. The van der Waals surface area contributed by atoms with E-state index in [0.717, 1.165) is 17.5 Å². The van der Waals surface area contributed by atoms with E-state index in [9.17, 15) is 10.1 Å². The van der Waals surface area contributed by atoms with Crippen LogP contribution in [0.3, 0.4) is 0 Å². The van der Waals surface area contributed by atoms with E-state index in [4.69, 9.17) is 5.53 Å². The van der Waals surface area contributed by atoms with Gasteiger partial charge in [-0.05, 0) is 11.3 Å². The van der Waals surface area contributed by atoms with Gasteiger partial charge in [0.05, 0.1) is 4.92 Å². The number of rotatable bonds is 2. The molecule has 0 radical (unpaired) electrons. The summed E-state index contributed by atoms with van der Waals surface area (Å²) in [6.45, 7) is 0. The molecule has 1 heterocycles. The van der Waals surface area contributed by atoms with E-state index in [1.54, 1.807) is 0 Å². The lowest BCUT2D eigenvalue weighted by Gasteiger charge is -1.76. The van der Waals surface area contributed by atoms with Crippen molar-refractivity contribution in [2.45, 2.75) is 0 Å². The highest BCUT2D eigenvalue weighted by atomic mass is 32.1. The molecule has 1 N–H and O–H groups in total. The van der Waals surface area contributed by atoms with Gasteiger partial charge < -0.3 is 0 Å². The quantitative estimate of drug-likeness (QED) is 0.403. The van der Waals surface area contributed by atoms with Gasteiger partial charge in [0.2, 0.25) is 5.13 Å². The molecule has 1 aromatic heterocycles. The number of hydrogen-bond acceptors (Lipinski definition) is 6. The molecule has 0 amide bonds. The highest BCUT2D eigenvalue weighted by molar-refractivity contribution is 7.18. The SMILES string of the molecule is N=Nc1ncc([N+](=O)[O-])s1. The van der Waals surface area contributed by atoms with Crippen LogP contribution in [0.1, 0.15) is 0 Å². The van der Waals surface area contributed by atoms with Crippen LogP contribution in [-0.4, -0.2) is 9.91 Å². The number of nitrogens with zero attached hydrogens (tertiary/aromatic N) is 3. The van der Waals surface area contributed by atoms with Gasteiger partial charge in [-0.15, -0.1) is 5.11 Å². The van der Waals surface area contributed by atoms with Crippen molar-refractivity contribution in [3.8, 4) is 0 Å². The van der Waals surface area contributed by atoms with Crippen molar-refractivity contribution in [3.05, 3.63) is 16.3 Å². The third-order valence-corrected chi connectivity index (χ3v) is 1.60. The van der Waals surface area contributed by atoms with E-state index in [1.165, 1.54) is 0 Å². The number of aromatic nitrogens is 1. The van der Waals surface area contributed by atoms with Crippen LogP contribution in [0.2, 0.25) is 0 Å². The summed E-state index contributed by atoms with van der Waals surface area (Å²) in [7, 11) is 0. The average Bonchev–Trinajstić information content (AvgIpc) is 2.34. The second-order valence-electron chi connectivity index (χ2n) is 1.35. The van der Waals surface area contributed by atoms with Gasteiger partial charge in [0, 0.05) is 0 Å². The molecule has 0 fully saturated rings. The number of thiazole rings is 1. The van der Waals surface area contributed by atoms with Crippen LogP contribution in [0.25, 0.3) is 0 Å². The molecule has 0 atom stereocenters. The zero-order valence-corrected chi connectivity index (χ0v) is 5.46. The first-order chi connectivity index (χ1) is 4.74. The largest absolute Gasteiger partial charge is 0.345 e. The molecule has 0 saturated carbocycles. The molecular formula is C3H2N4O2S. The Kier molecular flexibility index (Phi) is 1.67. The number of nitro groups is 1. The number of hydrogen-bond donors (Lipinski definition) is 1. The molecule has 10 heavy (non-hydrogen) atoms. The molecule has 0 spiro atoms. The summed E-state index contributed by atoms with van der Waals surface area (Å²) in [6, 6.07) is 0. The second kappa shape index (κ2) is 2.48. The van der Waals surface area contributed by atoms with Crippen molar-refractivity contribution in [1.82, 2.24) is 4.98 Å². The third-order valence-electron chi connectivity index (χ3n) is 0.757. The highest BCUT2D eigenvalue weighted by Gasteiger charge is 2.09. The number of nitrogens with one attached hydrogen (secondary N) is 1. The van der Waals surface area contributed by atoms with Crippen LogP contribution >= 0.6 is 11.3 Å². The minimum Gasteiger partial charge on any atom is -0.257 e. The zero-order chi connectivity index (χ0) is 7.56. The van der Waals surface area contributed by atoms with Gasteiger partial charge in [-0.25, -0.2) is 10.5 Å². The maximum absolute atomic E-state index is 10.0. The van der Waals surface area contributed by atoms with Crippen LogP contribution in [0.5, 0.6) is 0 Å². The minimum absolute atomic E-state index is 0.0917. The van der Waals surface area contributed by atoms with Gasteiger partial charge in [0.1, 0.15) is 6.20 Å². The molecular weight excluding hydrogens is 156 g/mol. The first-order valence-electron chi connectivity index (χ1n) is 2.21. The summed E-state index contributed by atoms with van der Waals surface area (Å²) in [5.74, 6) is 0. The maximum atomic E-state index is 10.0. The summed E-state index contributed by atoms with van der Waals surface area (Å²) in [5.41, 5.74) is 6.45. The molecule has 1 rings (SSSR count). The maximum Gasteiger partial charge on any atom is 0.345 e. The topological polar surface area (TPSA) is 92.2 Å². The van der Waals surface area contributed by atoms with Crippen LogP contribution in [0.4, 0.5) is 10.1 Å². The second-order valence-corrected chi connectivity index (χ2v) is 2.34. The molecule has 0 aromatic carbocycles. The van der Waals surface area contributed by atoms with Gasteiger partial charge >= 0.3 is 5.00 Å². The van der Waals surface area contributed by atoms with Crippen molar-refractivity contribution >= 4 is 21.5 Å². The van der Waals surface area contributed by atoms with E-state index in [1.807, 2.05) is 0 Å². The van der Waals surface area contributed by atoms with E-state index >= 15 is 0 Å². The first kappa shape index (κ1) is 6.75. The fourth-order valence-electron chi connectivity index (χ4n) is 0.393. The van der Waals surface area contributed by atoms with E-state index in [0.29, 0.717) is 0 Å². The molecule has 0 unspecified atom stereocenters. The standard InChI is InChI=1S/C3H2N4O2S/c4-6-3-5-1-2(10-3)7(8)9/h1,4H. The van der Waals surface area contributed by atoms with Crippen LogP contribution < -0.4 is 0 Å². The summed E-state index contributed by atoms with van der Waals surface area (Å²) >= 11 is 0.777. The molecule has 0 aliphatic carbocycles. The van der Waals surface area contributed by atoms with Gasteiger partial charge in [-0.1, -0.05) is 0 Å². The molecule has 0 aliphatic heterocycles. The Bertz CT molecular complexity index is 269. The van der Waals surface area contributed by atoms with Crippen molar-refractivity contribution < 1.29 is 4.92 Å². The summed E-state index contributed by atoms with van der Waals surface area (Å²) in [5, 5.41) is 12.9. The molecule has 7 heteroatoms. The molecule has 52 valence electrons. The molecule has 0 bridgehead atoms. The normalized spacial score (nSPS) is 9.20. The third kappa shape index (κ3) is 1.13. The molecule has 6 nitrogen and oxygen atoms in total. The minimum atomic E-state index is -0.563. The Hall–Kier alpha value is -1.37. The summed E-state index contributed by atoms with van der Waals surface area (Å²) in [6.07, 6.45) is 1.08. The Labute approximate surface area is 59.2 Å². The molecule has 0 aliphatic rings. The fraction of sp³-hybridized carbons (Fsp3) is 0. The molecule has 1 aromatic rings. The lowest BCUT2D eigenvalue weighted by molar-refractivity contribution is -0.380. The van der Waals surface area contributed by atoms with Gasteiger partial charge in [0.15, 0.2) is 0 Å². The lowest BCUT2D eigenvalue weighted by Crippen LogP contribution is -1.80. The van der Waals surface area contributed by atoms with Gasteiger partial charge in [-0.2, -0.15) is 0 Å². The highest BCUT2D eigenvalue weighted by Crippen LogP contribution is 2.26. The Morgan fingerprint density at radius 2 is 2.60 bits per heavy atom. The Morgan fingerprint density at radius 1 is 1.90 bits per heavy atom. The van der Waals surface area contributed by atoms with Crippen molar-refractivity contribution in [2.24, 2.45) is 5.11 Å². The summed E-state index contributed by atoms with van der Waals surface area (Å²) in [4.78, 5) is 12.9. The lowest BCUT2D eigenvalue weighted by atomic mass is 10.9. The first-order valence-corrected chi connectivity index (χ1v) is 3.03. The van der Waals surface area contributed by atoms with Crippen molar-refractivity contribution in [3.63, 3.8) is 0 Å². The molecule has 0 saturated heterocycles. The van der Waals surface area contributed by atoms with Crippen LogP contribution in [0, 0.1) is 15.6 Å². The van der Waals surface area contributed by atoms with E-state index in [2.05, 4.69) is 10.1 Å².